The molecule has 16 heavy (non-hydrogen) atoms. The van der Waals surface area contributed by atoms with Gasteiger partial charge >= 0.3 is 0 Å². The van der Waals surface area contributed by atoms with Gasteiger partial charge in [-0.3, -0.25) is 4.79 Å². The van der Waals surface area contributed by atoms with Crippen molar-refractivity contribution < 1.29 is 9.53 Å². The first-order chi connectivity index (χ1) is 7.36. The van der Waals surface area contributed by atoms with E-state index in [9.17, 15) is 4.79 Å². The summed E-state index contributed by atoms with van der Waals surface area (Å²) in [7, 11) is 0. The zero-order valence-electron chi connectivity index (χ0n) is 9.61. The van der Waals surface area contributed by atoms with E-state index < -0.39 is 0 Å². The number of nitrogens with zero attached hydrogens (tertiary/aromatic N) is 1. The first-order valence-electron chi connectivity index (χ1n) is 5.92. The monoisotopic (exact) mass is 248 g/mol. The van der Waals surface area contributed by atoms with Crippen molar-refractivity contribution in [1.29, 1.82) is 0 Å². The van der Waals surface area contributed by atoms with Crippen molar-refractivity contribution in [2.24, 2.45) is 5.92 Å². The van der Waals surface area contributed by atoms with Gasteiger partial charge in [0.15, 0.2) is 0 Å². The van der Waals surface area contributed by atoms with Gasteiger partial charge in [0.1, 0.15) is 0 Å². The summed E-state index contributed by atoms with van der Waals surface area (Å²) >= 11 is 0. The molecule has 4 nitrogen and oxygen atoms in total. The maximum Gasteiger partial charge on any atom is 0.223 e. The fourth-order valence-corrected chi connectivity index (χ4v) is 2.25. The van der Waals surface area contributed by atoms with Crippen molar-refractivity contribution in [3.8, 4) is 0 Å². The van der Waals surface area contributed by atoms with Gasteiger partial charge in [-0.15, -0.1) is 12.4 Å². The molecule has 94 valence electrons. The lowest BCUT2D eigenvalue weighted by Crippen LogP contribution is -2.38. The van der Waals surface area contributed by atoms with Gasteiger partial charge in [0, 0.05) is 45.8 Å². The van der Waals surface area contributed by atoms with Crippen molar-refractivity contribution >= 4 is 18.3 Å². The van der Waals surface area contributed by atoms with Crippen LogP contribution in [0.5, 0.6) is 0 Å². The lowest BCUT2D eigenvalue weighted by Gasteiger charge is -2.28. The Morgan fingerprint density at radius 3 is 2.81 bits per heavy atom. The second kappa shape index (κ2) is 7.09. The predicted molar refractivity (Wildman–Crippen MR) is 64.9 cm³/mol. The molecule has 2 fully saturated rings. The molecule has 1 amide bonds. The van der Waals surface area contributed by atoms with E-state index in [1.807, 2.05) is 4.90 Å². The summed E-state index contributed by atoms with van der Waals surface area (Å²) in [6.45, 7) is 5.31. The molecule has 2 heterocycles. The minimum Gasteiger partial charge on any atom is -0.381 e. The summed E-state index contributed by atoms with van der Waals surface area (Å²) in [5.41, 5.74) is 0. The van der Waals surface area contributed by atoms with Crippen molar-refractivity contribution in [2.45, 2.75) is 19.3 Å². The van der Waals surface area contributed by atoms with Gasteiger partial charge in [-0.05, 0) is 18.8 Å². The lowest BCUT2D eigenvalue weighted by atomic mass is 9.99. The highest BCUT2D eigenvalue weighted by molar-refractivity contribution is 5.85. The van der Waals surface area contributed by atoms with E-state index in [1.165, 1.54) is 0 Å². The van der Waals surface area contributed by atoms with Gasteiger partial charge in [-0.1, -0.05) is 0 Å². The third kappa shape index (κ3) is 3.92. The van der Waals surface area contributed by atoms with Gasteiger partial charge in [-0.2, -0.15) is 0 Å². The Morgan fingerprint density at radius 2 is 2.06 bits per heavy atom. The highest BCUT2D eigenvalue weighted by atomic mass is 35.5. The summed E-state index contributed by atoms with van der Waals surface area (Å²) in [6.07, 6.45) is 2.87. The summed E-state index contributed by atoms with van der Waals surface area (Å²) in [5, 5.41) is 3.26. The normalized spacial score (nSPS) is 23.8. The molecule has 0 spiro atoms. The number of halogens is 1. The minimum absolute atomic E-state index is 0. The molecule has 1 N–H and O–H groups in total. The molecule has 2 aliphatic rings. The number of carbonyl (C=O) groups is 1. The molecule has 0 aromatic carbocycles. The molecule has 0 atom stereocenters. The number of rotatable bonds is 2. The van der Waals surface area contributed by atoms with Crippen LogP contribution in [-0.2, 0) is 9.53 Å². The number of hydrogen-bond acceptors (Lipinski definition) is 3. The first kappa shape index (κ1) is 13.7. The van der Waals surface area contributed by atoms with Crippen LogP contribution in [0.15, 0.2) is 0 Å². The number of carbonyl (C=O) groups excluding carboxylic acids is 1. The van der Waals surface area contributed by atoms with E-state index in [0.717, 1.165) is 52.2 Å². The van der Waals surface area contributed by atoms with Crippen LogP contribution >= 0.6 is 12.4 Å². The third-order valence-corrected chi connectivity index (χ3v) is 3.25. The van der Waals surface area contributed by atoms with Crippen molar-refractivity contribution in [3.05, 3.63) is 0 Å². The number of nitrogens with one attached hydrogen (secondary N) is 1. The maximum atomic E-state index is 11.7. The van der Waals surface area contributed by atoms with E-state index in [4.69, 9.17) is 4.74 Å². The zero-order valence-corrected chi connectivity index (χ0v) is 10.4. The molecule has 0 bridgehead atoms. The highest BCUT2D eigenvalue weighted by Crippen LogP contribution is 2.16. The fraction of sp³-hybridized carbons (Fsp3) is 0.909. The van der Waals surface area contributed by atoms with Crippen LogP contribution in [0.3, 0.4) is 0 Å². The molecule has 2 saturated heterocycles. The molecule has 0 radical (unpaired) electrons. The fourth-order valence-electron chi connectivity index (χ4n) is 2.25. The predicted octanol–water partition coefficient (Wildman–Crippen LogP) is 0.657. The van der Waals surface area contributed by atoms with E-state index in [1.54, 1.807) is 0 Å². The summed E-state index contributed by atoms with van der Waals surface area (Å²) < 4.78 is 5.32. The Bertz CT molecular complexity index is 220. The van der Waals surface area contributed by atoms with Gasteiger partial charge in [-0.25, -0.2) is 0 Å². The van der Waals surface area contributed by atoms with Crippen LogP contribution in [0.1, 0.15) is 19.3 Å². The summed E-state index contributed by atoms with van der Waals surface area (Å²) in [6, 6.07) is 0. The molecule has 0 saturated carbocycles. The smallest absolute Gasteiger partial charge is 0.223 e. The van der Waals surface area contributed by atoms with E-state index in [2.05, 4.69) is 5.32 Å². The van der Waals surface area contributed by atoms with Crippen LogP contribution in [0.4, 0.5) is 0 Å². The average molecular weight is 249 g/mol. The molecular formula is C11H21ClN2O2. The van der Waals surface area contributed by atoms with Crippen LogP contribution in [0.25, 0.3) is 0 Å². The second-order valence-corrected chi connectivity index (χ2v) is 4.40. The van der Waals surface area contributed by atoms with Crippen LogP contribution in [0.2, 0.25) is 0 Å². The SMILES string of the molecule is Cl.O=C1CCNCCN1CC1CCOCC1. The Morgan fingerprint density at radius 1 is 1.31 bits per heavy atom. The van der Waals surface area contributed by atoms with Crippen LogP contribution < -0.4 is 5.32 Å². The van der Waals surface area contributed by atoms with Gasteiger partial charge in [0.2, 0.25) is 5.91 Å². The van der Waals surface area contributed by atoms with Crippen molar-refractivity contribution in [2.75, 3.05) is 39.4 Å². The van der Waals surface area contributed by atoms with Crippen LogP contribution in [0, 0.1) is 5.92 Å². The molecule has 2 rings (SSSR count). The Balaban J connectivity index is 0.00000128. The third-order valence-electron chi connectivity index (χ3n) is 3.25. The second-order valence-electron chi connectivity index (χ2n) is 4.40. The Hall–Kier alpha value is -0.320. The first-order valence-corrected chi connectivity index (χ1v) is 5.92. The van der Waals surface area contributed by atoms with Crippen LogP contribution in [-0.4, -0.2) is 50.2 Å². The number of ether oxygens (including phenoxy) is 1. The zero-order chi connectivity index (χ0) is 10.5. The number of hydrogen-bond donors (Lipinski definition) is 1. The average Bonchev–Trinajstić information content (AvgIpc) is 2.46. The van der Waals surface area contributed by atoms with E-state index >= 15 is 0 Å². The lowest BCUT2D eigenvalue weighted by molar-refractivity contribution is -0.131. The van der Waals surface area contributed by atoms with Crippen molar-refractivity contribution in [1.82, 2.24) is 10.2 Å². The summed E-state index contributed by atoms with van der Waals surface area (Å²) in [4.78, 5) is 13.8. The number of amides is 1. The molecule has 0 unspecified atom stereocenters. The molecule has 0 aromatic heterocycles. The standard InChI is InChI=1S/C11H20N2O2.ClH/c14-11-1-4-12-5-6-13(11)9-10-2-7-15-8-3-10;/h10,12H,1-9H2;1H. The molecule has 0 aliphatic carbocycles. The quantitative estimate of drug-likeness (QED) is 0.781. The highest BCUT2D eigenvalue weighted by Gasteiger charge is 2.21. The maximum absolute atomic E-state index is 11.7. The van der Waals surface area contributed by atoms with E-state index in [0.29, 0.717) is 18.2 Å². The minimum atomic E-state index is 0. The molecule has 5 heteroatoms. The Labute approximate surface area is 103 Å². The van der Waals surface area contributed by atoms with Gasteiger partial charge < -0.3 is 15.0 Å². The molecule has 0 aromatic rings. The topological polar surface area (TPSA) is 41.6 Å². The largest absolute Gasteiger partial charge is 0.381 e. The summed E-state index contributed by atoms with van der Waals surface area (Å²) in [5.74, 6) is 0.965. The molecular weight excluding hydrogens is 228 g/mol. The van der Waals surface area contributed by atoms with Gasteiger partial charge in [0.25, 0.3) is 0 Å². The Kier molecular flexibility index (Phi) is 6.09. The van der Waals surface area contributed by atoms with E-state index in [-0.39, 0.29) is 12.4 Å². The van der Waals surface area contributed by atoms with Crippen molar-refractivity contribution in [3.63, 3.8) is 0 Å². The van der Waals surface area contributed by atoms with Gasteiger partial charge in [0.05, 0.1) is 0 Å². The molecule has 2 aliphatic heterocycles.